The molecule has 0 bridgehead atoms. The van der Waals surface area contributed by atoms with E-state index < -0.39 is 65.3 Å². The number of tetrazole rings is 1. The van der Waals surface area contributed by atoms with Crippen molar-refractivity contribution in [3.05, 3.63) is 64.2 Å². The Hall–Kier alpha value is -4.38. The van der Waals surface area contributed by atoms with E-state index in [0.717, 1.165) is 16.9 Å². The lowest BCUT2D eigenvalue weighted by Crippen LogP contribution is -2.50. The van der Waals surface area contributed by atoms with E-state index in [2.05, 4.69) is 15.4 Å². The first-order valence-electron chi connectivity index (χ1n) is 16.8. The van der Waals surface area contributed by atoms with Gasteiger partial charge in [0.15, 0.2) is 0 Å². The predicted molar refractivity (Wildman–Crippen MR) is 168 cm³/mol. The maximum atomic E-state index is 14.2. The summed E-state index contributed by atoms with van der Waals surface area (Å²) in [7, 11) is 1.37. The maximum Gasteiger partial charge on any atom is 0.416 e. The molecule has 2 atom stereocenters. The lowest BCUT2D eigenvalue weighted by Gasteiger charge is -2.46. The Labute approximate surface area is 293 Å². The van der Waals surface area contributed by atoms with Crippen molar-refractivity contribution in [2.24, 2.45) is 18.9 Å². The van der Waals surface area contributed by atoms with Gasteiger partial charge in [0.2, 0.25) is 5.91 Å². The highest BCUT2D eigenvalue weighted by Gasteiger charge is 2.44. The molecule has 2 aromatic carbocycles. The minimum absolute atomic E-state index is 0.0130. The Kier molecular flexibility index (Phi) is 11.2. The van der Waals surface area contributed by atoms with Gasteiger partial charge < -0.3 is 14.5 Å². The zero-order valence-corrected chi connectivity index (χ0v) is 28.4. The number of fused-ring (bicyclic) bond motifs is 1. The van der Waals surface area contributed by atoms with E-state index in [4.69, 9.17) is 4.74 Å². The van der Waals surface area contributed by atoms with Crippen LogP contribution in [0.25, 0.3) is 0 Å². The Morgan fingerprint density at radius 3 is 2.00 bits per heavy atom. The number of ether oxygens (including phenoxy) is 1. The highest BCUT2D eigenvalue weighted by atomic mass is 19.4. The number of anilines is 2. The van der Waals surface area contributed by atoms with Crippen LogP contribution in [0.1, 0.15) is 92.7 Å². The van der Waals surface area contributed by atoms with Crippen molar-refractivity contribution >= 4 is 23.5 Å². The fourth-order valence-electron chi connectivity index (χ4n) is 7.13. The number of esters is 1. The van der Waals surface area contributed by atoms with Gasteiger partial charge in [-0.1, -0.05) is 12.0 Å². The third-order valence-electron chi connectivity index (χ3n) is 9.63. The van der Waals surface area contributed by atoms with E-state index in [-0.39, 0.29) is 60.5 Å². The molecule has 0 radical (unpaired) electrons. The number of carbonyl (C=O) groups excluding carboxylic acids is 2. The molecule has 0 saturated heterocycles. The second kappa shape index (κ2) is 14.9. The van der Waals surface area contributed by atoms with Crippen molar-refractivity contribution in [2.75, 3.05) is 16.4 Å². The molecular formula is C34H37F9N6O3. The van der Waals surface area contributed by atoms with Crippen molar-refractivity contribution in [1.82, 2.24) is 20.2 Å². The van der Waals surface area contributed by atoms with Crippen LogP contribution in [0, 0.1) is 11.8 Å². The van der Waals surface area contributed by atoms with Crippen molar-refractivity contribution in [3.63, 3.8) is 0 Å². The standard InChI is InChI=1S/C34H37F9N6O3/c1-4-25-17-28(48(31-44-46-47(3)45-31)18-20-12-23(33(38,39)40)15-24(13-20)34(41,42)43)26-16-22(32(35,36)37)10-11-27(26)49(25)30(51)21-8-6-19(7-9-21)14-29(50)52-5-2/h10-13,15-16,19,21,25,28H,4-9,14,17-18H2,1-3H3/t19-,21-,25-,28?/m1/s1. The molecule has 1 saturated carbocycles. The first-order valence-corrected chi connectivity index (χ1v) is 16.8. The fraction of sp³-hybridized carbons (Fsp3) is 0.559. The minimum atomic E-state index is -5.14. The summed E-state index contributed by atoms with van der Waals surface area (Å²) in [6.45, 7) is 3.04. The highest BCUT2D eigenvalue weighted by molar-refractivity contribution is 5.97. The van der Waals surface area contributed by atoms with E-state index in [0.29, 0.717) is 44.2 Å². The topological polar surface area (TPSA) is 93.5 Å². The Morgan fingerprint density at radius 2 is 1.48 bits per heavy atom. The van der Waals surface area contributed by atoms with Crippen molar-refractivity contribution in [1.29, 1.82) is 0 Å². The molecule has 18 heteroatoms. The third-order valence-corrected chi connectivity index (χ3v) is 9.63. The van der Waals surface area contributed by atoms with Crippen molar-refractivity contribution < 1.29 is 53.8 Å². The first kappa shape index (κ1) is 38.8. The SMILES string of the molecule is CCOC(=O)C[C@H]1CC[C@H](C(=O)N2c3ccc(C(F)(F)F)cc3C(N(Cc3cc(C(F)(F)F)cc(C(F)(F)F)c3)c3nnn(C)n3)C[C@H]2CC)CC1. The van der Waals surface area contributed by atoms with Gasteiger partial charge in [0.1, 0.15) is 0 Å². The monoisotopic (exact) mass is 748 g/mol. The summed E-state index contributed by atoms with van der Waals surface area (Å²) in [6.07, 6.45) is -12.7. The zero-order chi connectivity index (χ0) is 38.2. The number of carbonyl (C=O) groups is 2. The fourth-order valence-corrected chi connectivity index (χ4v) is 7.13. The molecule has 5 rings (SSSR count). The van der Waals surface area contributed by atoms with Gasteiger partial charge in [0.05, 0.1) is 36.4 Å². The van der Waals surface area contributed by atoms with Crippen LogP contribution in [0.3, 0.4) is 0 Å². The molecule has 0 spiro atoms. The molecular weight excluding hydrogens is 711 g/mol. The number of rotatable bonds is 9. The van der Waals surface area contributed by atoms with Crippen LogP contribution < -0.4 is 9.80 Å². The van der Waals surface area contributed by atoms with Gasteiger partial charge in [-0.3, -0.25) is 9.59 Å². The van der Waals surface area contributed by atoms with E-state index in [9.17, 15) is 49.1 Å². The number of nitrogens with zero attached hydrogens (tertiary/aromatic N) is 6. The molecule has 1 aliphatic carbocycles. The first-order chi connectivity index (χ1) is 24.3. The summed E-state index contributed by atoms with van der Waals surface area (Å²) >= 11 is 0. The average molecular weight is 749 g/mol. The summed E-state index contributed by atoms with van der Waals surface area (Å²) in [6, 6.07) is 2.15. The Morgan fingerprint density at radius 1 is 0.865 bits per heavy atom. The molecule has 1 fully saturated rings. The van der Waals surface area contributed by atoms with Gasteiger partial charge in [-0.15, -0.1) is 5.10 Å². The van der Waals surface area contributed by atoms with Crippen LogP contribution in [0.15, 0.2) is 36.4 Å². The lowest BCUT2D eigenvalue weighted by atomic mass is 9.79. The lowest BCUT2D eigenvalue weighted by molar-refractivity contribution is -0.145. The third kappa shape index (κ3) is 8.62. The summed E-state index contributed by atoms with van der Waals surface area (Å²) in [5, 5.41) is 11.8. The number of aryl methyl sites for hydroxylation is 1. The number of alkyl halides is 9. The van der Waals surface area contributed by atoms with E-state index >= 15 is 0 Å². The highest BCUT2D eigenvalue weighted by Crippen LogP contribution is 2.47. The van der Waals surface area contributed by atoms with Gasteiger partial charge in [-0.05, 0) is 104 Å². The number of amides is 1. The van der Waals surface area contributed by atoms with Gasteiger partial charge >= 0.3 is 24.5 Å². The molecule has 1 unspecified atom stereocenters. The molecule has 1 aliphatic heterocycles. The summed E-state index contributed by atoms with van der Waals surface area (Å²) < 4.78 is 130. The maximum absolute atomic E-state index is 14.2. The molecule has 52 heavy (non-hydrogen) atoms. The Balaban J connectivity index is 1.57. The zero-order valence-electron chi connectivity index (χ0n) is 28.4. The molecule has 2 aliphatic rings. The number of hydrogen-bond donors (Lipinski definition) is 0. The predicted octanol–water partition coefficient (Wildman–Crippen LogP) is 8.29. The largest absolute Gasteiger partial charge is 0.466 e. The van der Waals surface area contributed by atoms with Crippen molar-refractivity contribution in [3.8, 4) is 0 Å². The molecule has 1 amide bonds. The smallest absolute Gasteiger partial charge is 0.416 e. The van der Waals surface area contributed by atoms with Crippen LogP contribution in [0.5, 0.6) is 0 Å². The van der Waals surface area contributed by atoms with Gasteiger partial charge in [-0.2, -0.15) is 44.3 Å². The van der Waals surface area contributed by atoms with Gasteiger partial charge in [0.25, 0.3) is 5.95 Å². The summed E-state index contributed by atoms with van der Waals surface area (Å²) in [4.78, 5) is 30.0. The van der Waals surface area contributed by atoms with Crippen LogP contribution >= 0.6 is 0 Å². The van der Waals surface area contributed by atoms with Crippen LogP contribution in [-0.4, -0.2) is 44.7 Å². The molecule has 284 valence electrons. The van der Waals surface area contributed by atoms with Gasteiger partial charge in [-0.25, -0.2) is 0 Å². The second-order valence-electron chi connectivity index (χ2n) is 13.1. The molecule has 9 nitrogen and oxygen atoms in total. The number of benzene rings is 2. The minimum Gasteiger partial charge on any atom is -0.466 e. The van der Waals surface area contributed by atoms with Gasteiger partial charge in [0, 0.05) is 30.6 Å². The van der Waals surface area contributed by atoms with Crippen LogP contribution in [0.2, 0.25) is 0 Å². The van der Waals surface area contributed by atoms with E-state index in [1.165, 1.54) is 22.9 Å². The molecule has 2 heterocycles. The van der Waals surface area contributed by atoms with E-state index in [1.807, 2.05) is 0 Å². The number of hydrogen-bond acceptors (Lipinski definition) is 7. The molecule has 3 aromatic rings. The molecule has 0 N–H and O–H groups in total. The quantitative estimate of drug-likeness (QED) is 0.161. The Bertz CT molecular complexity index is 1720. The normalized spacial score (nSPS) is 21.1. The van der Waals surface area contributed by atoms with E-state index in [1.54, 1.807) is 13.8 Å². The van der Waals surface area contributed by atoms with Crippen LogP contribution in [-0.2, 0) is 46.4 Å². The number of halogens is 9. The second-order valence-corrected chi connectivity index (χ2v) is 13.1. The summed E-state index contributed by atoms with van der Waals surface area (Å²) in [5.41, 5.74) is -4.54. The average Bonchev–Trinajstić information content (AvgIpc) is 3.50. The number of aromatic nitrogens is 4. The van der Waals surface area contributed by atoms with Crippen molar-refractivity contribution in [2.45, 2.75) is 96.0 Å². The molecule has 1 aromatic heterocycles. The van der Waals surface area contributed by atoms with Crippen LogP contribution in [0.4, 0.5) is 51.1 Å². The summed E-state index contributed by atoms with van der Waals surface area (Å²) in [5.74, 6) is -1.39.